The number of carbonyl (C=O) groups excluding carboxylic acids is 4. The number of aliphatic carboxylic acids is 1. The number of amides is 4. The number of nitrogens with one attached hydrogen (secondary N) is 3. The third kappa shape index (κ3) is 10.2. The third-order valence-electron chi connectivity index (χ3n) is 4.21. The van der Waals surface area contributed by atoms with Gasteiger partial charge in [0.2, 0.25) is 23.6 Å². The topological polar surface area (TPSA) is 234 Å². The summed E-state index contributed by atoms with van der Waals surface area (Å²) in [5.74, 6) is -5.07. The van der Waals surface area contributed by atoms with Crippen molar-refractivity contribution in [1.82, 2.24) is 16.0 Å². The molecule has 178 valence electrons. The molecule has 10 N–H and O–H groups in total. The molecule has 0 saturated carbocycles. The van der Waals surface area contributed by atoms with E-state index in [1.165, 1.54) is 6.92 Å². The summed E-state index contributed by atoms with van der Waals surface area (Å²) in [6.07, 6.45) is -3.16. The van der Waals surface area contributed by atoms with Crippen molar-refractivity contribution >= 4 is 29.6 Å². The average Bonchev–Trinajstić information content (AvgIpc) is 2.61. The van der Waals surface area contributed by atoms with Crippen LogP contribution in [0.15, 0.2) is 0 Å². The van der Waals surface area contributed by atoms with Crippen molar-refractivity contribution in [2.24, 2.45) is 17.4 Å². The highest BCUT2D eigenvalue weighted by Crippen LogP contribution is 2.07. The van der Waals surface area contributed by atoms with Crippen molar-refractivity contribution in [3.8, 4) is 0 Å². The summed E-state index contributed by atoms with van der Waals surface area (Å²) in [5, 5.41) is 35.2. The van der Waals surface area contributed by atoms with Gasteiger partial charge in [0, 0.05) is 0 Å². The van der Waals surface area contributed by atoms with Crippen LogP contribution in [0.2, 0.25) is 0 Å². The predicted octanol–water partition coefficient (Wildman–Crippen LogP) is -3.46. The zero-order chi connectivity index (χ0) is 24.5. The van der Waals surface area contributed by atoms with Crippen LogP contribution in [0.3, 0.4) is 0 Å². The van der Waals surface area contributed by atoms with Crippen LogP contribution in [0.1, 0.15) is 40.5 Å². The normalized spacial score (nSPS) is 16.9. The van der Waals surface area contributed by atoms with Gasteiger partial charge in [0.05, 0.1) is 24.7 Å². The van der Waals surface area contributed by atoms with Crippen LogP contribution in [-0.2, 0) is 24.0 Å². The SMILES string of the molecule is CC(C)CC(NC(=O)C(N)CC(N)=O)C(=O)NC(C(=O)NC(C(=O)O)C(C)O)C(C)O. The number of hydrogen-bond acceptors (Lipinski definition) is 8. The Labute approximate surface area is 179 Å². The number of aliphatic hydroxyl groups excluding tert-OH is 2. The van der Waals surface area contributed by atoms with Gasteiger partial charge >= 0.3 is 5.97 Å². The van der Waals surface area contributed by atoms with E-state index >= 15 is 0 Å². The molecule has 0 aromatic carbocycles. The maximum atomic E-state index is 12.7. The van der Waals surface area contributed by atoms with Gasteiger partial charge < -0.3 is 42.7 Å². The average molecular weight is 447 g/mol. The van der Waals surface area contributed by atoms with Crippen LogP contribution in [-0.4, -0.2) is 81.3 Å². The highest BCUT2D eigenvalue weighted by molar-refractivity contribution is 5.95. The first-order valence-electron chi connectivity index (χ1n) is 9.71. The fourth-order valence-corrected chi connectivity index (χ4v) is 2.58. The van der Waals surface area contributed by atoms with Crippen LogP contribution in [0.25, 0.3) is 0 Å². The monoisotopic (exact) mass is 447 g/mol. The molecular formula is C18H33N5O8. The van der Waals surface area contributed by atoms with Gasteiger partial charge in [-0.3, -0.25) is 19.2 Å². The molecule has 0 radical (unpaired) electrons. The van der Waals surface area contributed by atoms with E-state index in [4.69, 9.17) is 16.6 Å². The van der Waals surface area contributed by atoms with Crippen LogP contribution in [0.4, 0.5) is 0 Å². The molecule has 4 amide bonds. The molecule has 0 heterocycles. The first kappa shape index (κ1) is 28.2. The van der Waals surface area contributed by atoms with Crippen molar-refractivity contribution < 1.29 is 39.3 Å². The third-order valence-corrected chi connectivity index (χ3v) is 4.21. The summed E-state index contributed by atoms with van der Waals surface area (Å²) in [6.45, 7) is 5.89. The van der Waals surface area contributed by atoms with Gasteiger partial charge in [0.25, 0.3) is 0 Å². The zero-order valence-electron chi connectivity index (χ0n) is 18.0. The lowest BCUT2D eigenvalue weighted by molar-refractivity contribution is -0.146. The fraction of sp³-hybridized carbons (Fsp3) is 0.722. The van der Waals surface area contributed by atoms with E-state index in [1.54, 1.807) is 13.8 Å². The molecule has 0 aliphatic rings. The number of carbonyl (C=O) groups is 5. The standard InChI is InChI=1S/C18H33N5O8/c1-7(2)5-11(21-15(27)10(19)6-12(20)26)16(28)22-13(8(3)24)17(29)23-14(9(4)25)18(30)31/h7-11,13-14,24-25H,5-6,19H2,1-4H3,(H2,20,26)(H,21,27)(H,22,28)(H,23,29)(H,30,31). The number of nitrogens with two attached hydrogens (primary N) is 2. The Hall–Kier alpha value is -2.77. The molecule has 13 heteroatoms. The molecule has 0 spiro atoms. The number of aliphatic hydroxyl groups is 2. The predicted molar refractivity (Wildman–Crippen MR) is 108 cm³/mol. The molecule has 31 heavy (non-hydrogen) atoms. The van der Waals surface area contributed by atoms with E-state index < -0.39 is 72.4 Å². The molecule has 0 aromatic rings. The molecule has 0 saturated heterocycles. The van der Waals surface area contributed by atoms with Crippen molar-refractivity contribution in [3.05, 3.63) is 0 Å². The van der Waals surface area contributed by atoms with Gasteiger partial charge in [0.15, 0.2) is 6.04 Å². The van der Waals surface area contributed by atoms with E-state index in [0.29, 0.717) is 0 Å². The summed E-state index contributed by atoms with van der Waals surface area (Å²) in [7, 11) is 0. The van der Waals surface area contributed by atoms with Crippen molar-refractivity contribution in [2.75, 3.05) is 0 Å². The van der Waals surface area contributed by atoms with Crippen molar-refractivity contribution in [3.63, 3.8) is 0 Å². The smallest absolute Gasteiger partial charge is 0.328 e. The van der Waals surface area contributed by atoms with Gasteiger partial charge in [-0.1, -0.05) is 13.8 Å². The van der Waals surface area contributed by atoms with E-state index in [9.17, 15) is 34.2 Å². The Morgan fingerprint density at radius 1 is 0.806 bits per heavy atom. The minimum Gasteiger partial charge on any atom is -0.480 e. The molecule has 6 unspecified atom stereocenters. The Morgan fingerprint density at radius 3 is 1.68 bits per heavy atom. The van der Waals surface area contributed by atoms with E-state index in [-0.39, 0.29) is 12.3 Å². The van der Waals surface area contributed by atoms with Gasteiger partial charge in [0.1, 0.15) is 12.1 Å². The largest absolute Gasteiger partial charge is 0.480 e. The molecule has 0 fully saturated rings. The minimum absolute atomic E-state index is 0.0751. The zero-order valence-corrected chi connectivity index (χ0v) is 18.0. The van der Waals surface area contributed by atoms with Crippen LogP contribution < -0.4 is 27.4 Å². The van der Waals surface area contributed by atoms with Crippen molar-refractivity contribution in [1.29, 1.82) is 0 Å². The van der Waals surface area contributed by atoms with E-state index in [0.717, 1.165) is 6.92 Å². The first-order valence-corrected chi connectivity index (χ1v) is 9.71. The number of hydrogen-bond donors (Lipinski definition) is 8. The summed E-state index contributed by atoms with van der Waals surface area (Å²) < 4.78 is 0. The Balaban J connectivity index is 5.43. The lowest BCUT2D eigenvalue weighted by Gasteiger charge is -2.27. The molecule has 0 aliphatic carbocycles. The molecule has 0 aliphatic heterocycles. The number of primary amides is 1. The maximum Gasteiger partial charge on any atom is 0.328 e. The molecule has 13 nitrogen and oxygen atoms in total. The van der Waals surface area contributed by atoms with Crippen LogP contribution >= 0.6 is 0 Å². The maximum absolute atomic E-state index is 12.7. The van der Waals surface area contributed by atoms with Gasteiger partial charge in [-0.2, -0.15) is 0 Å². The quantitative estimate of drug-likeness (QED) is 0.140. The minimum atomic E-state index is -1.66. The number of rotatable bonds is 13. The Kier molecular flexibility index (Phi) is 11.7. The Bertz CT molecular complexity index is 667. The molecular weight excluding hydrogens is 414 g/mol. The van der Waals surface area contributed by atoms with E-state index in [1.807, 2.05) is 5.32 Å². The van der Waals surface area contributed by atoms with Gasteiger partial charge in [-0.15, -0.1) is 0 Å². The second kappa shape index (κ2) is 12.8. The first-order chi connectivity index (χ1) is 14.2. The molecule has 0 aromatic heterocycles. The molecule has 0 rings (SSSR count). The summed E-state index contributed by atoms with van der Waals surface area (Å²) in [5.41, 5.74) is 10.6. The lowest BCUT2D eigenvalue weighted by atomic mass is 10.0. The lowest BCUT2D eigenvalue weighted by Crippen LogP contribution is -2.61. The highest BCUT2D eigenvalue weighted by Gasteiger charge is 2.34. The molecule has 6 atom stereocenters. The van der Waals surface area contributed by atoms with Gasteiger partial charge in [-0.05, 0) is 26.2 Å². The number of carboxylic acid groups (broad SMARTS) is 1. The van der Waals surface area contributed by atoms with Gasteiger partial charge in [-0.25, -0.2) is 4.79 Å². The Morgan fingerprint density at radius 2 is 1.29 bits per heavy atom. The molecule has 0 bridgehead atoms. The summed E-state index contributed by atoms with van der Waals surface area (Å²) in [6, 6.07) is -5.67. The summed E-state index contributed by atoms with van der Waals surface area (Å²) in [4.78, 5) is 59.4. The second-order valence-electron chi connectivity index (χ2n) is 7.76. The summed E-state index contributed by atoms with van der Waals surface area (Å²) >= 11 is 0. The van der Waals surface area contributed by atoms with E-state index in [2.05, 4.69) is 10.6 Å². The number of carboxylic acids is 1. The van der Waals surface area contributed by atoms with Crippen LogP contribution in [0, 0.1) is 5.92 Å². The highest BCUT2D eigenvalue weighted by atomic mass is 16.4. The van der Waals surface area contributed by atoms with Crippen LogP contribution in [0.5, 0.6) is 0 Å². The second-order valence-corrected chi connectivity index (χ2v) is 7.76. The van der Waals surface area contributed by atoms with Crippen molar-refractivity contribution in [2.45, 2.75) is 76.9 Å². The fourth-order valence-electron chi connectivity index (χ4n) is 2.58.